The number of benzene rings is 1. The highest BCUT2D eigenvalue weighted by Gasteiger charge is 2.17. The molecule has 1 aliphatic rings. The van der Waals surface area contributed by atoms with Gasteiger partial charge in [-0.3, -0.25) is 4.79 Å². The molecule has 2 aromatic rings. The number of halogens is 1. The minimum absolute atomic E-state index is 0.157. The highest BCUT2D eigenvalue weighted by Crippen LogP contribution is 2.18. The van der Waals surface area contributed by atoms with Crippen LogP contribution in [-0.4, -0.2) is 33.3 Å². The summed E-state index contributed by atoms with van der Waals surface area (Å²) in [6.07, 6.45) is 4.64. The Balaban J connectivity index is 1.48. The quantitative estimate of drug-likeness (QED) is 0.857. The van der Waals surface area contributed by atoms with Gasteiger partial charge in [0.25, 0.3) is 5.91 Å². The first-order valence-corrected chi connectivity index (χ1v) is 9.12. The van der Waals surface area contributed by atoms with Crippen LogP contribution in [-0.2, 0) is 24.2 Å². The molecule has 3 rings (SSSR count). The Morgan fingerprint density at radius 3 is 3.08 bits per heavy atom. The zero-order valence-corrected chi connectivity index (χ0v) is 15.1. The molecule has 0 spiro atoms. The van der Waals surface area contributed by atoms with Crippen molar-refractivity contribution in [3.8, 4) is 5.75 Å². The predicted molar refractivity (Wildman–Crippen MR) is 95.8 cm³/mol. The average molecular weight is 363 g/mol. The van der Waals surface area contributed by atoms with E-state index in [0.29, 0.717) is 23.7 Å². The summed E-state index contributed by atoms with van der Waals surface area (Å²) < 4.78 is 7.82. The summed E-state index contributed by atoms with van der Waals surface area (Å²) in [4.78, 5) is 12.2. The first kappa shape index (κ1) is 17.7. The van der Waals surface area contributed by atoms with Crippen molar-refractivity contribution < 1.29 is 9.53 Å². The van der Waals surface area contributed by atoms with Gasteiger partial charge in [0.1, 0.15) is 17.4 Å². The SMILES string of the molecule is CC(Oc1cccc(Cl)c1)C(=O)NCCc1nnc2n1CCCCC2. The molecule has 1 amide bonds. The number of hydrogen-bond donors (Lipinski definition) is 1. The molecule has 1 N–H and O–H groups in total. The van der Waals surface area contributed by atoms with E-state index in [0.717, 1.165) is 31.0 Å². The Morgan fingerprint density at radius 1 is 1.36 bits per heavy atom. The highest BCUT2D eigenvalue weighted by atomic mass is 35.5. The molecule has 6 nitrogen and oxygen atoms in total. The second kappa shape index (κ2) is 8.34. The maximum atomic E-state index is 12.2. The number of ether oxygens (including phenoxy) is 1. The third-order valence-electron chi connectivity index (χ3n) is 4.31. The van der Waals surface area contributed by atoms with Crippen molar-refractivity contribution in [3.05, 3.63) is 40.9 Å². The van der Waals surface area contributed by atoms with E-state index < -0.39 is 6.10 Å². The average Bonchev–Trinajstić information content (AvgIpc) is 2.82. The Labute approximate surface area is 152 Å². The second-order valence-corrected chi connectivity index (χ2v) is 6.69. The number of nitrogens with one attached hydrogen (secondary N) is 1. The maximum Gasteiger partial charge on any atom is 0.260 e. The number of rotatable bonds is 6. The number of aromatic nitrogens is 3. The zero-order valence-electron chi connectivity index (χ0n) is 14.4. The molecular formula is C18H23ClN4O2. The standard InChI is InChI=1S/C18H23ClN4O2/c1-13(25-15-7-5-6-14(19)12-15)18(24)20-10-9-17-22-21-16-8-3-2-4-11-23(16)17/h5-7,12-13H,2-4,8-11H2,1H3,(H,20,24). The van der Waals surface area contributed by atoms with Crippen LogP contribution in [0.15, 0.2) is 24.3 Å². The van der Waals surface area contributed by atoms with E-state index in [1.54, 1.807) is 31.2 Å². The van der Waals surface area contributed by atoms with Crippen molar-refractivity contribution in [1.82, 2.24) is 20.1 Å². The van der Waals surface area contributed by atoms with Crippen molar-refractivity contribution in [2.24, 2.45) is 0 Å². The van der Waals surface area contributed by atoms with Crippen LogP contribution in [0.4, 0.5) is 0 Å². The van der Waals surface area contributed by atoms with E-state index in [1.807, 2.05) is 0 Å². The highest BCUT2D eigenvalue weighted by molar-refractivity contribution is 6.30. The molecule has 0 saturated heterocycles. The number of hydrogen-bond acceptors (Lipinski definition) is 4. The van der Waals surface area contributed by atoms with Crippen LogP contribution < -0.4 is 10.1 Å². The van der Waals surface area contributed by atoms with Crippen LogP contribution in [0.3, 0.4) is 0 Å². The summed E-state index contributed by atoms with van der Waals surface area (Å²) in [5.74, 6) is 2.44. The summed E-state index contributed by atoms with van der Waals surface area (Å²) in [5, 5.41) is 12.0. The first-order chi connectivity index (χ1) is 12.1. The zero-order chi connectivity index (χ0) is 17.6. The minimum atomic E-state index is -0.589. The molecule has 1 aromatic heterocycles. The normalized spacial score (nSPS) is 15.1. The van der Waals surface area contributed by atoms with Gasteiger partial charge in [-0.25, -0.2) is 0 Å². The molecule has 25 heavy (non-hydrogen) atoms. The fourth-order valence-corrected chi connectivity index (χ4v) is 3.15. The Kier molecular flexibility index (Phi) is 5.91. The van der Waals surface area contributed by atoms with Crippen LogP contribution in [0, 0.1) is 0 Å². The molecule has 0 radical (unpaired) electrons. The number of carbonyl (C=O) groups excluding carboxylic acids is 1. The lowest BCUT2D eigenvalue weighted by Gasteiger charge is -2.15. The Hall–Kier alpha value is -2.08. The number of amides is 1. The van der Waals surface area contributed by atoms with Gasteiger partial charge in [-0.15, -0.1) is 10.2 Å². The van der Waals surface area contributed by atoms with Crippen molar-refractivity contribution >= 4 is 17.5 Å². The van der Waals surface area contributed by atoms with Gasteiger partial charge < -0.3 is 14.6 Å². The van der Waals surface area contributed by atoms with Crippen LogP contribution in [0.5, 0.6) is 5.75 Å². The summed E-state index contributed by atoms with van der Waals surface area (Å²) in [5.41, 5.74) is 0. The molecule has 1 aliphatic heterocycles. The summed E-state index contributed by atoms with van der Waals surface area (Å²) in [6.45, 7) is 3.21. The fraction of sp³-hybridized carbons (Fsp3) is 0.500. The molecule has 134 valence electrons. The second-order valence-electron chi connectivity index (χ2n) is 6.25. The van der Waals surface area contributed by atoms with Gasteiger partial charge in [0.05, 0.1) is 0 Å². The minimum Gasteiger partial charge on any atom is -0.481 e. The van der Waals surface area contributed by atoms with Crippen molar-refractivity contribution in [3.63, 3.8) is 0 Å². The van der Waals surface area contributed by atoms with Crippen LogP contribution >= 0.6 is 11.6 Å². The van der Waals surface area contributed by atoms with Gasteiger partial charge in [0.15, 0.2) is 6.10 Å². The molecular weight excluding hydrogens is 340 g/mol. The largest absolute Gasteiger partial charge is 0.481 e. The van der Waals surface area contributed by atoms with E-state index >= 15 is 0 Å². The van der Waals surface area contributed by atoms with Gasteiger partial charge in [-0.05, 0) is 38.0 Å². The monoisotopic (exact) mass is 362 g/mol. The van der Waals surface area contributed by atoms with E-state index in [4.69, 9.17) is 16.3 Å². The lowest BCUT2D eigenvalue weighted by molar-refractivity contribution is -0.127. The molecule has 7 heteroatoms. The summed E-state index contributed by atoms with van der Waals surface area (Å²) in [7, 11) is 0. The summed E-state index contributed by atoms with van der Waals surface area (Å²) in [6, 6.07) is 7.03. The molecule has 0 saturated carbocycles. The topological polar surface area (TPSA) is 69.0 Å². The van der Waals surface area contributed by atoms with Crippen LogP contribution in [0.1, 0.15) is 37.8 Å². The van der Waals surface area contributed by atoms with Gasteiger partial charge in [-0.2, -0.15) is 0 Å². The lowest BCUT2D eigenvalue weighted by Crippen LogP contribution is -2.37. The van der Waals surface area contributed by atoms with Crippen molar-refractivity contribution in [2.75, 3.05) is 6.54 Å². The smallest absolute Gasteiger partial charge is 0.260 e. The fourth-order valence-electron chi connectivity index (χ4n) is 2.97. The van der Waals surface area contributed by atoms with Gasteiger partial charge in [0, 0.05) is 31.0 Å². The van der Waals surface area contributed by atoms with Gasteiger partial charge >= 0.3 is 0 Å². The molecule has 0 fully saturated rings. The third kappa shape index (κ3) is 4.72. The molecule has 1 atom stereocenters. The van der Waals surface area contributed by atoms with Crippen LogP contribution in [0.25, 0.3) is 0 Å². The van der Waals surface area contributed by atoms with E-state index in [-0.39, 0.29) is 5.91 Å². The maximum absolute atomic E-state index is 12.2. The van der Waals surface area contributed by atoms with Gasteiger partial charge in [-0.1, -0.05) is 24.1 Å². The Morgan fingerprint density at radius 2 is 2.24 bits per heavy atom. The molecule has 0 aliphatic carbocycles. The molecule has 0 bridgehead atoms. The number of carbonyl (C=O) groups is 1. The predicted octanol–water partition coefficient (Wildman–Crippen LogP) is 2.78. The summed E-state index contributed by atoms with van der Waals surface area (Å²) >= 11 is 5.92. The van der Waals surface area contributed by atoms with Crippen LogP contribution in [0.2, 0.25) is 5.02 Å². The van der Waals surface area contributed by atoms with E-state index in [1.165, 1.54) is 12.8 Å². The molecule has 1 unspecified atom stereocenters. The van der Waals surface area contributed by atoms with Crippen molar-refractivity contribution in [2.45, 2.75) is 51.7 Å². The van der Waals surface area contributed by atoms with Crippen molar-refractivity contribution in [1.29, 1.82) is 0 Å². The Bertz CT molecular complexity index is 732. The number of aryl methyl sites for hydroxylation is 1. The first-order valence-electron chi connectivity index (χ1n) is 8.74. The third-order valence-corrected chi connectivity index (χ3v) is 4.55. The number of nitrogens with zero attached hydrogens (tertiary/aromatic N) is 3. The molecule has 2 heterocycles. The molecule has 1 aromatic carbocycles. The van der Waals surface area contributed by atoms with Gasteiger partial charge in [0.2, 0.25) is 0 Å². The lowest BCUT2D eigenvalue weighted by atomic mass is 10.2. The number of fused-ring (bicyclic) bond motifs is 1. The van der Waals surface area contributed by atoms with E-state index in [9.17, 15) is 4.79 Å². The van der Waals surface area contributed by atoms with E-state index in [2.05, 4.69) is 20.1 Å².